The van der Waals surface area contributed by atoms with Crippen LogP contribution in [0.3, 0.4) is 0 Å². The van der Waals surface area contributed by atoms with E-state index in [-0.39, 0.29) is 18.3 Å². The summed E-state index contributed by atoms with van der Waals surface area (Å²) in [5, 5.41) is 8.12. The van der Waals surface area contributed by atoms with Crippen LogP contribution in [0.1, 0.15) is 17.7 Å². The molecule has 6 heteroatoms. The molecule has 126 valence electrons. The van der Waals surface area contributed by atoms with Crippen molar-refractivity contribution in [3.8, 4) is 16.9 Å². The Bertz CT molecular complexity index is 599. The van der Waals surface area contributed by atoms with Crippen LogP contribution in [0.2, 0.25) is 0 Å². The normalized spacial score (nSPS) is 10.0. The Morgan fingerprint density at radius 1 is 1.22 bits per heavy atom. The predicted molar refractivity (Wildman–Crippen MR) is 98.6 cm³/mol. The van der Waals surface area contributed by atoms with Crippen molar-refractivity contribution < 1.29 is 9.53 Å². The highest BCUT2D eigenvalue weighted by Gasteiger charge is 2.05. The van der Waals surface area contributed by atoms with Crippen LogP contribution in [0.5, 0.6) is 5.75 Å². The van der Waals surface area contributed by atoms with Crippen molar-refractivity contribution in [1.82, 2.24) is 10.6 Å². The monoisotopic (exact) mass is 354 g/mol. The van der Waals surface area contributed by atoms with Crippen LogP contribution < -0.4 is 15.4 Å². The quantitative estimate of drug-likeness (QED) is 0.714. The topological polar surface area (TPSA) is 50.4 Å². The highest BCUT2D eigenvalue weighted by atomic mass is 35.5. The van der Waals surface area contributed by atoms with Crippen LogP contribution >= 0.6 is 23.7 Å². The molecule has 0 saturated carbocycles. The third kappa shape index (κ3) is 6.22. The van der Waals surface area contributed by atoms with Gasteiger partial charge < -0.3 is 15.4 Å². The molecule has 0 aliphatic carbocycles. The van der Waals surface area contributed by atoms with Crippen molar-refractivity contribution in [2.75, 3.05) is 20.7 Å². The zero-order valence-electron chi connectivity index (χ0n) is 13.4. The maximum atomic E-state index is 11.7. The molecule has 0 aliphatic rings. The van der Waals surface area contributed by atoms with Crippen LogP contribution in [0.25, 0.3) is 11.1 Å². The summed E-state index contributed by atoms with van der Waals surface area (Å²) in [6.45, 7) is 1.47. The lowest BCUT2D eigenvalue weighted by molar-refractivity contribution is -0.121. The van der Waals surface area contributed by atoms with E-state index in [1.54, 1.807) is 18.4 Å². The van der Waals surface area contributed by atoms with E-state index >= 15 is 0 Å². The van der Waals surface area contributed by atoms with Crippen molar-refractivity contribution in [3.63, 3.8) is 0 Å². The Morgan fingerprint density at radius 2 is 1.96 bits per heavy atom. The Labute approximate surface area is 147 Å². The molecule has 2 N–H and O–H groups in total. The Balaban J connectivity index is 0.00000264. The first-order chi connectivity index (χ1) is 10.7. The maximum Gasteiger partial charge on any atom is 0.220 e. The molecule has 0 unspecified atom stereocenters. The summed E-state index contributed by atoms with van der Waals surface area (Å²) >= 11 is 1.67. The lowest BCUT2D eigenvalue weighted by atomic mass is 10.1. The van der Waals surface area contributed by atoms with E-state index < -0.39 is 0 Å². The molecule has 0 atom stereocenters. The van der Waals surface area contributed by atoms with Gasteiger partial charge in [-0.15, -0.1) is 23.7 Å². The first-order valence-corrected chi connectivity index (χ1v) is 8.24. The molecule has 4 nitrogen and oxygen atoms in total. The van der Waals surface area contributed by atoms with E-state index in [9.17, 15) is 4.79 Å². The molecule has 1 amide bonds. The predicted octanol–water partition coefficient (Wildman–Crippen LogP) is 3.46. The average Bonchev–Trinajstić information content (AvgIpc) is 3.02. The largest absolute Gasteiger partial charge is 0.497 e. The molecule has 2 rings (SSSR count). The fourth-order valence-corrected chi connectivity index (χ4v) is 2.94. The highest BCUT2D eigenvalue weighted by molar-refractivity contribution is 7.10. The van der Waals surface area contributed by atoms with Gasteiger partial charge >= 0.3 is 0 Å². The number of hydrogen-bond donors (Lipinski definition) is 2. The van der Waals surface area contributed by atoms with Crippen molar-refractivity contribution in [1.29, 1.82) is 0 Å². The lowest BCUT2D eigenvalue weighted by Gasteiger charge is -2.03. The zero-order chi connectivity index (χ0) is 15.8. The van der Waals surface area contributed by atoms with Crippen molar-refractivity contribution in [3.05, 3.63) is 40.6 Å². The van der Waals surface area contributed by atoms with Gasteiger partial charge in [-0.2, -0.15) is 0 Å². The van der Waals surface area contributed by atoms with Crippen LogP contribution in [-0.4, -0.2) is 26.6 Å². The van der Waals surface area contributed by atoms with Gasteiger partial charge in [-0.25, -0.2) is 0 Å². The molecular formula is C17H23ClN2O2S. The van der Waals surface area contributed by atoms with Gasteiger partial charge in [0.2, 0.25) is 5.91 Å². The van der Waals surface area contributed by atoms with Crippen molar-refractivity contribution in [2.45, 2.75) is 19.4 Å². The Morgan fingerprint density at radius 3 is 2.61 bits per heavy atom. The summed E-state index contributed by atoms with van der Waals surface area (Å²) in [7, 11) is 3.56. The second-order valence-corrected chi connectivity index (χ2v) is 6.01. The van der Waals surface area contributed by atoms with Crippen LogP contribution in [0, 0.1) is 0 Å². The lowest BCUT2D eigenvalue weighted by Crippen LogP contribution is -2.23. The molecule has 0 aliphatic heterocycles. The fourth-order valence-electron chi connectivity index (χ4n) is 2.11. The van der Waals surface area contributed by atoms with Crippen LogP contribution in [0.15, 0.2) is 35.7 Å². The Hall–Kier alpha value is -1.56. The molecule has 0 spiro atoms. The highest BCUT2D eigenvalue weighted by Crippen LogP contribution is 2.27. The number of hydrogen-bond acceptors (Lipinski definition) is 4. The SMILES string of the molecule is CNCCCC(=O)NCc1cc(-c2ccc(OC)cc2)cs1.Cl. The molecule has 0 bridgehead atoms. The minimum Gasteiger partial charge on any atom is -0.497 e. The van der Waals surface area contributed by atoms with Crippen LogP contribution in [-0.2, 0) is 11.3 Å². The zero-order valence-corrected chi connectivity index (χ0v) is 15.1. The smallest absolute Gasteiger partial charge is 0.220 e. The van der Waals surface area contributed by atoms with Gasteiger partial charge in [0.25, 0.3) is 0 Å². The molecule has 2 aromatic rings. The molecule has 1 heterocycles. The third-order valence-electron chi connectivity index (χ3n) is 3.37. The molecule has 1 aromatic heterocycles. The molecule has 0 fully saturated rings. The van der Waals surface area contributed by atoms with Crippen molar-refractivity contribution >= 4 is 29.7 Å². The molecular weight excluding hydrogens is 332 g/mol. The Kier molecular flexibility index (Phi) is 8.69. The summed E-state index contributed by atoms with van der Waals surface area (Å²) in [6, 6.07) is 10.1. The van der Waals surface area contributed by atoms with Gasteiger partial charge in [-0.3, -0.25) is 4.79 Å². The molecule has 23 heavy (non-hydrogen) atoms. The van der Waals surface area contributed by atoms with E-state index in [1.165, 1.54) is 5.56 Å². The number of ether oxygens (including phenoxy) is 1. The van der Waals surface area contributed by atoms with Gasteiger partial charge in [0.05, 0.1) is 13.7 Å². The van der Waals surface area contributed by atoms with Crippen molar-refractivity contribution in [2.24, 2.45) is 0 Å². The minimum atomic E-state index is 0. The second-order valence-electron chi connectivity index (χ2n) is 5.01. The number of amides is 1. The third-order valence-corrected chi connectivity index (χ3v) is 4.30. The average molecular weight is 355 g/mol. The summed E-state index contributed by atoms with van der Waals surface area (Å²) in [5.74, 6) is 0.961. The summed E-state index contributed by atoms with van der Waals surface area (Å²) in [6.07, 6.45) is 1.43. The van der Waals surface area contributed by atoms with Gasteiger partial charge in [-0.05, 0) is 54.7 Å². The van der Waals surface area contributed by atoms with E-state index in [4.69, 9.17) is 4.74 Å². The van der Waals surface area contributed by atoms with Gasteiger partial charge in [0.15, 0.2) is 0 Å². The fraction of sp³-hybridized carbons (Fsp3) is 0.353. The number of benzene rings is 1. The number of methoxy groups -OCH3 is 1. The number of halogens is 1. The number of nitrogens with one attached hydrogen (secondary N) is 2. The molecule has 0 saturated heterocycles. The second kappa shape index (κ2) is 10.3. The standard InChI is InChI=1S/C17H22N2O2S.ClH/c1-18-9-3-4-17(20)19-11-16-10-14(12-22-16)13-5-7-15(21-2)8-6-13;/h5-8,10,12,18H,3-4,9,11H2,1-2H3,(H,19,20);1H. The van der Waals surface area contributed by atoms with E-state index in [1.807, 2.05) is 31.3 Å². The number of carbonyl (C=O) groups is 1. The van der Waals surface area contributed by atoms with E-state index in [0.717, 1.165) is 29.2 Å². The van der Waals surface area contributed by atoms with Gasteiger partial charge in [0, 0.05) is 11.3 Å². The summed E-state index contributed by atoms with van der Waals surface area (Å²) in [4.78, 5) is 12.9. The van der Waals surface area contributed by atoms with Gasteiger partial charge in [-0.1, -0.05) is 12.1 Å². The van der Waals surface area contributed by atoms with E-state index in [0.29, 0.717) is 13.0 Å². The van der Waals surface area contributed by atoms with E-state index in [2.05, 4.69) is 22.1 Å². The minimum absolute atomic E-state index is 0. The first-order valence-electron chi connectivity index (χ1n) is 7.36. The number of thiophene rings is 1. The summed E-state index contributed by atoms with van der Waals surface area (Å²) in [5.41, 5.74) is 2.33. The first kappa shape index (κ1) is 19.5. The van der Waals surface area contributed by atoms with Crippen LogP contribution in [0.4, 0.5) is 0 Å². The molecule has 1 aromatic carbocycles. The maximum absolute atomic E-state index is 11.7. The van der Waals surface area contributed by atoms with Gasteiger partial charge in [0.1, 0.15) is 5.75 Å². The number of carbonyl (C=O) groups excluding carboxylic acids is 1. The summed E-state index contributed by atoms with van der Waals surface area (Å²) < 4.78 is 5.17. The number of rotatable bonds is 8. The molecule has 0 radical (unpaired) electrons.